The summed E-state index contributed by atoms with van der Waals surface area (Å²) in [5, 5.41) is 7.61. The van der Waals surface area contributed by atoms with Gasteiger partial charge in [0.2, 0.25) is 11.7 Å². The van der Waals surface area contributed by atoms with Crippen molar-refractivity contribution in [1.82, 2.24) is 10.1 Å². The van der Waals surface area contributed by atoms with E-state index in [4.69, 9.17) is 20.9 Å². The van der Waals surface area contributed by atoms with E-state index >= 15 is 0 Å². The van der Waals surface area contributed by atoms with Gasteiger partial charge in [0.25, 0.3) is 0 Å². The quantitative estimate of drug-likeness (QED) is 0.674. The van der Waals surface area contributed by atoms with Gasteiger partial charge in [-0.25, -0.2) is 0 Å². The summed E-state index contributed by atoms with van der Waals surface area (Å²) in [7, 11) is 1.62. The number of benzene rings is 2. The van der Waals surface area contributed by atoms with Gasteiger partial charge in [-0.05, 0) is 55.3 Å². The predicted molar refractivity (Wildman–Crippen MR) is 111 cm³/mol. The summed E-state index contributed by atoms with van der Waals surface area (Å²) in [4.78, 5) is 19.2. The van der Waals surface area contributed by atoms with Crippen molar-refractivity contribution in [2.45, 2.75) is 12.8 Å². The number of carbonyl (C=O) groups is 1. The molecule has 1 aliphatic heterocycles. The van der Waals surface area contributed by atoms with Crippen molar-refractivity contribution in [3.05, 3.63) is 53.6 Å². The van der Waals surface area contributed by atoms with Gasteiger partial charge in [0.15, 0.2) is 0 Å². The number of nitrogens with one attached hydrogen (secondary N) is 1. The fraction of sp³-hybridized carbons (Fsp3) is 0.286. The van der Waals surface area contributed by atoms with Gasteiger partial charge in [-0.2, -0.15) is 4.98 Å². The van der Waals surface area contributed by atoms with Gasteiger partial charge in [0.05, 0.1) is 13.0 Å². The summed E-state index contributed by atoms with van der Waals surface area (Å²) >= 11 is 5.99. The molecule has 8 heteroatoms. The molecular formula is C21H21ClN4O3. The Morgan fingerprint density at radius 2 is 2.10 bits per heavy atom. The molecule has 2 aromatic carbocycles. The van der Waals surface area contributed by atoms with Gasteiger partial charge >= 0.3 is 6.01 Å². The van der Waals surface area contributed by atoms with E-state index in [2.05, 4.69) is 15.5 Å². The van der Waals surface area contributed by atoms with Crippen LogP contribution in [-0.4, -0.2) is 36.2 Å². The first kappa shape index (κ1) is 19.3. The highest BCUT2D eigenvalue weighted by Gasteiger charge is 2.28. The van der Waals surface area contributed by atoms with E-state index in [0.29, 0.717) is 29.1 Å². The zero-order chi connectivity index (χ0) is 20.2. The van der Waals surface area contributed by atoms with Crippen LogP contribution < -0.4 is 15.0 Å². The van der Waals surface area contributed by atoms with E-state index in [1.165, 1.54) is 0 Å². The molecule has 7 nitrogen and oxygen atoms in total. The second kappa shape index (κ2) is 8.53. The average Bonchev–Trinajstić information content (AvgIpc) is 3.24. The predicted octanol–water partition coefficient (Wildman–Crippen LogP) is 4.25. The van der Waals surface area contributed by atoms with Crippen LogP contribution in [0.15, 0.2) is 53.1 Å². The molecule has 1 atom stereocenters. The van der Waals surface area contributed by atoms with Crippen LogP contribution in [0.5, 0.6) is 5.75 Å². The first-order valence-electron chi connectivity index (χ1n) is 9.42. The largest absolute Gasteiger partial charge is 0.497 e. The Hall–Kier alpha value is -3.06. The number of halogens is 1. The SMILES string of the molecule is COc1ccc(-c2noc(N3CCC[C@H](C(=O)Nc4cccc(Cl)c4)C3)n2)cc1. The summed E-state index contributed by atoms with van der Waals surface area (Å²) in [5.74, 6) is 1.07. The maximum Gasteiger partial charge on any atom is 0.324 e. The van der Waals surface area contributed by atoms with Crippen molar-refractivity contribution in [3.63, 3.8) is 0 Å². The van der Waals surface area contributed by atoms with Gasteiger partial charge in [-0.15, -0.1) is 0 Å². The van der Waals surface area contributed by atoms with E-state index < -0.39 is 0 Å². The normalized spacial score (nSPS) is 16.5. The minimum Gasteiger partial charge on any atom is -0.497 e. The fourth-order valence-electron chi connectivity index (χ4n) is 3.38. The summed E-state index contributed by atoms with van der Waals surface area (Å²) in [6, 6.07) is 15.0. The second-order valence-corrected chi connectivity index (χ2v) is 7.35. The zero-order valence-corrected chi connectivity index (χ0v) is 16.7. The van der Waals surface area contributed by atoms with Crippen molar-refractivity contribution in [3.8, 4) is 17.1 Å². The minimum absolute atomic E-state index is 0.0353. The maximum absolute atomic E-state index is 12.7. The molecule has 0 spiro atoms. The van der Waals surface area contributed by atoms with Crippen molar-refractivity contribution >= 4 is 29.2 Å². The van der Waals surface area contributed by atoms with Crippen LogP contribution in [-0.2, 0) is 4.79 Å². The number of anilines is 2. The van der Waals surface area contributed by atoms with E-state index in [9.17, 15) is 4.79 Å². The fourth-order valence-corrected chi connectivity index (χ4v) is 3.57. The number of piperidine rings is 1. The van der Waals surface area contributed by atoms with Crippen LogP contribution in [0.1, 0.15) is 12.8 Å². The molecule has 1 aromatic heterocycles. The summed E-state index contributed by atoms with van der Waals surface area (Å²) in [6.45, 7) is 1.29. The first-order chi connectivity index (χ1) is 14.1. The molecule has 1 aliphatic rings. The van der Waals surface area contributed by atoms with E-state index in [-0.39, 0.29) is 11.8 Å². The Kier molecular flexibility index (Phi) is 5.67. The number of methoxy groups -OCH3 is 1. The molecule has 2 heterocycles. The number of rotatable bonds is 5. The average molecular weight is 413 g/mol. The molecule has 1 fully saturated rings. The van der Waals surface area contributed by atoms with E-state index in [1.807, 2.05) is 41.3 Å². The highest BCUT2D eigenvalue weighted by molar-refractivity contribution is 6.30. The molecule has 0 saturated carbocycles. The second-order valence-electron chi connectivity index (χ2n) is 6.91. The first-order valence-corrected chi connectivity index (χ1v) is 9.79. The van der Waals surface area contributed by atoms with Crippen molar-refractivity contribution < 1.29 is 14.1 Å². The molecule has 150 valence electrons. The standard InChI is InChI=1S/C21H21ClN4O3/c1-28-18-9-7-14(8-10-18)19-24-21(29-25-19)26-11-3-4-15(13-26)20(27)23-17-6-2-5-16(22)12-17/h2,5-10,12,15H,3-4,11,13H2,1H3,(H,23,27)/t15-/m0/s1. The number of hydrogen-bond donors (Lipinski definition) is 1. The lowest BCUT2D eigenvalue weighted by atomic mass is 9.97. The zero-order valence-electron chi connectivity index (χ0n) is 16.0. The van der Waals surface area contributed by atoms with E-state index in [0.717, 1.165) is 30.7 Å². The molecule has 0 aliphatic carbocycles. The molecule has 0 bridgehead atoms. The van der Waals surface area contributed by atoms with Crippen LogP contribution in [0.2, 0.25) is 5.02 Å². The number of ether oxygens (including phenoxy) is 1. The van der Waals surface area contributed by atoms with Gasteiger partial charge in [0.1, 0.15) is 5.75 Å². The Morgan fingerprint density at radius 1 is 1.28 bits per heavy atom. The third-order valence-corrected chi connectivity index (χ3v) is 5.15. The number of hydrogen-bond acceptors (Lipinski definition) is 6. The summed E-state index contributed by atoms with van der Waals surface area (Å²) in [6.07, 6.45) is 1.68. The number of amides is 1. The Labute approximate surface area is 173 Å². The van der Waals surface area contributed by atoms with Crippen LogP contribution in [0, 0.1) is 5.92 Å². The highest BCUT2D eigenvalue weighted by Crippen LogP contribution is 2.26. The molecule has 4 rings (SSSR count). The molecule has 1 N–H and O–H groups in total. The Balaban J connectivity index is 1.43. The highest BCUT2D eigenvalue weighted by atomic mass is 35.5. The molecule has 1 amide bonds. The van der Waals surface area contributed by atoms with Crippen molar-refractivity contribution in [2.24, 2.45) is 5.92 Å². The van der Waals surface area contributed by atoms with Crippen molar-refractivity contribution in [1.29, 1.82) is 0 Å². The van der Waals surface area contributed by atoms with Crippen LogP contribution in [0.25, 0.3) is 11.4 Å². The molecular weight excluding hydrogens is 392 g/mol. The van der Waals surface area contributed by atoms with Crippen LogP contribution in [0.4, 0.5) is 11.7 Å². The summed E-state index contributed by atoms with van der Waals surface area (Å²) in [5.41, 5.74) is 1.53. The smallest absolute Gasteiger partial charge is 0.324 e. The molecule has 29 heavy (non-hydrogen) atoms. The van der Waals surface area contributed by atoms with Gasteiger partial charge in [-0.1, -0.05) is 22.8 Å². The lowest BCUT2D eigenvalue weighted by Crippen LogP contribution is -2.41. The third kappa shape index (κ3) is 4.51. The number of nitrogens with zero attached hydrogens (tertiary/aromatic N) is 3. The third-order valence-electron chi connectivity index (χ3n) is 4.92. The van der Waals surface area contributed by atoms with Crippen LogP contribution >= 0.6 is 11.6 Å². The molecule has 1 saturated heterocycles. The van der Waals surface area contributed by atoms with Gasteiger partial charge in [0, 0.05) is 29.4 Å². The monoisotopic (exact) mass is 412 g/mol. The minimum atomic E-state index is -0.168. The van der Waals surface area contributed by atoms with Gasteiger partial charge in [-0.3, -0.25) is 4.79 Å². The van der Waals surface area contributed by atoms with Crippen molar-refractivity contribution in [2.75, 3.05) is 30.4 Å². The van der Waals surface area contributed by atoms with Crippen LogP contribution in [0.3, 0.4) is 0 Å². The van der Waals surface area contributed by atoms with Gasteiger partial charge < -0.3 is 19.5 Å². The molecule has 0 unspecified atom stereocenters. The summed E-state index contributed by atoms with van der Waals surface area (Å²) < 4.78 is 10.6. The lowest BCUT2D eigenvalue weighted by Gasteiger charge is -2.30. The Bertz CT molecular complexity index is 990. The molecule has 0 radical (unpaired) electrons. The number of carbonyl (C=O) groups excluding carboxylic acids is 1. The topological polar surface area (TPSA) is 80.5 Å². The lowest BCUT2D eigenvalue weighted by molar-refractivity contribution is -0.120. The Morgan fingerprint density at radius 3 is 2.86 bits per heavy atom. The maximum atomic E-state index is 12.7. The molecule has 3 aromatic rings. The number of aromatic nitrogens is 2. The van der Waals surface area contributed by atoms with E-state index in [1.54, 1.807) is 19.2 Å².